The van der Waals surface area contributed by atoms with Crippen molar-refractivity contribution in [2.75, 3.05) is 6.61 Å². The van der Waals surface area contributed by atoms with E-state index in [4.69, 9.17) is 9.79 Å². The summed E-state index contributed by atoms with van der Waals surface area (Å²) in [6, 6.07) is 13.3. The molecule has 0 fully saturated rings. The third-order valence-corrected chi connectivity index (χ3v) is 5.18. The zero-order valence-electron chi connectivity index (χ0n) is 12.2. The molecule has 1 atom stereocenters. The molecule has 1 aromatic carbocycles. The van der Waals surface area contributed by atoms with Gasteiger partial charge in [0.1, 0.15) is 8.30 Å². The lowest BCUT2D eigenvalue weighted by molar-refractivity contribution is 0.262. The topological polar surface area (TPSA) is 36.3 Å². The first kappa shape index (κ1) is 16.1. The predicted octanol–water partition coefficient (Wildman–Crippen LogP) is 3.67. The molecule has 0 N–H and O–H groups in total. The van der Waals surface area contributed by atoms with Crippen LogP contribution in [0.3, 0.4) is 0 Å². The summed E-state index contributed by atoms with van der Waals surface area (Å²) >= 11 is 0. The standard InChI is InChI=1S/C15H23N2OP/c1-13(2)17(14(3)4)19(18-12-8-11-16)15-9-6-5-7-10-15/h5-7,9-10,13-14H,8,12H2,1-4H3. The van der Waals surface area contributed by atoms with Gasteiger partial charge in [0.25, 0.3) is 0 Å². The van der Waals surface area contributed by atoms with Crippen molar-refractivity contribution in [3.63, 3.8) is 0 Å². The van der Waals surface area contributed by atoms with Gasteiger partial charge in [0.15, 0.2) is 0 Å². The first-order valence-electron chi connectivity index (χ1n) is 6.71. The molecule has 0 amide bonds. The van der Waals surface area contributed by atoms with Crippen molar-refractivity contribution in [3.8, 4) is 6.07 Å². The summed E-state index contributed by atoms with van der Waals surface area (Å²) < 4.78 is 8.41. The Bertz CT molecular complexity index is 392. The maximum Gasteiger partial charge on any atom is 0.138 e. The summed E-state index contributed by atoms with van der Waals surface area (Å²) in [5.41, 5.74) is 0. The van der Waals surface area contributed by atoms with E-state index in [1.54, 1.807) is 0 Å². The Labute approximate surface area is 118 Å². The van der Waals surface area contributed by atoms with E-state index >= 15 is 0 Å². The van der Waals surface area contributed by atoms with Gasteiger partial charge in [0.2, 0.25) is 0 Å². The van der Waals surface area contributed by atoms with E-state index in [-0.39, 0.29) is 0 Å². The zero-order chi connectivity index (χ0) is 14.3. The highest BCUT2D eigenvalue weighted by molar-refractivity contribution is 7.58. The molecule has 0 aliphatic carbocycles. The Morgan fingerprint density at radius 2 is 1.74 bits per heavy atom. The number of nitrogens with zero attached hydrogens (tertiary/aromatic N) is 2. The Morgan fingerprint density at radius 1 is 1.16 bits per heavy atom. The fourth-order valence-electron chi connectivity index (χ4n) is 2.02. The molecule has 0 aliphatic heterocycles. The van der Waals surface area contributed by atoms with E-state index in [0.29, 0.717) is 25.1 Å². The molecule has 4 heteroatoms. The van der Waals surface area contributed by atoms with Crippen LogP contribution in [-0.4, -0.2) is 23.4 Å². The largest absolute Gasteiger partial charge is 0.339 e. The van der Waals surface area contributed by atoms with Crippen LogP contribution in [0.4, 0.5) is 0 Å². The van der Waals surface area contributed by atoms with Gasteiger partial charge in [-0.3, -0.25) is 4.67 Å². The van der Waals surface area contributed by atoms with Crippen LogP contribution in [0.25, 0.3) is 0 Å². The fourth-order valence-corrected chi connectivity index (χ4v) is 4.10. The highest BCUT2D eigenvalue weighted by Gasteiger charge is 2.26. The van der Waals surface area contributed by atoms with Crippen molar-refractivity contribution in [3.05, 3.63) is 30.3 Å². The lowest BCUT2D eigenvalue weighted by Crippen LogP contribution is -2.36. The van der Waals surface area contributed by atoms with E-state index in [1.165, 1.54) is 5.30 Å². The van der Waals surface area contributed by atoms with Gasteiger partial charge in [0, 0.05) is 17.4 Å². The van der Waals surface area contributed by atoms with Crippen molar-refractivity contribution < 1.29 is 4.52 Å². The smallest absolute Gasteiger partial charge is 0.138 e. The van der Waals surface area contributed by atoms with Gasteiger partial charge in [-0.15, -0.1) is 0 Å². The molecule has 0 saturated carbocycles. The molecule has 1 unspecified atom stereocenters. The van der Waals surface area contributed by atoms with Crippen LogP contribution in [-0.2, 0) is 4.52 Å². The minimum atomic E-state index is -0.827. The number of benzene rings is 1. The molecule has 0 spiro atoms. The van der Waals surface area contributed by atoms with E-state index in [9.17, 15) is 0 Å². The van der Waals surface area contributed by atoms with E-state index in [1.807, 2.05) is 18.2 Å². The summed E-state index contributed by atoms with van der Waals surface area (Å²) in [5, 5.41) is 9.88. The molecule has 19 heavy (non-hydrogen) atoms. The monoisotopic (exact) mass is 278 g/mol. The second-order valence-electron chi connectivity index (χ2n) is 4.92. The lowest BCUT2D eigenvalue weighted by atomic mass is 10.3. The molecule has 0 aliphatic rings. The van der Waals surface area contributed by atoms with Gasteiger partial charge >= 0.3 is 0 Å². The first-order chi connectivity index (χ1) is 9.07. The van der Waals surface area contributed by atoms with Crippen molar-refractivity contribution in [2.45, 2.75) is 46.2 Å². The van der Waals surface area contributed by atoms with Crippen LogP contribution < -0.4 is 5.30 Å². The second kappa shape index (κ2) is 8.27. The van der Waals surface area contributed by atoms with Crippen LogP contribution in [0, 0.1) is 11.3 Å². The summed E-state index contributed by atoms with van der Waals surface area (Å²) in [6.07, 6.45) is 0.440. The molecule has 3 nitrogen and oxygen atoms in total. The normalized spacial score (nSPS) is 12.9. The fraction of sp³-hybridized carbons (Fsp3) is 0.533. The average molecular weight is 278 g/mol. The maximum absolute atomic E-state index is 8.67. The molecule has 0 saturated heterocycles. The zero-order valence-corrected chi connectivity index (χ0v) is 13.1. The Morgan fingerprint density at radius 3 is 2.21 bits per heavy atom. The summed E-state index contributed by atoms with van der Waals surface area (Å²) in [7, 11) is -0.827. The van der Waals surface area contributed by atoms with Gasteiger partial charge in [-0.25, -0.2) is 0 Å². The SMILES string of the molecule is CC(C)N(C(C)C)P(OCCC#N)c1ccccc1. The minimum Gasteiger partial charge on any atom is -0.339 e. The van der Waals surface area contributed by atoms with E-state index in [2.05, 4.69) is 50.6 Å². The van der Waals surface area contributed by atoms with Gasteiger partial charge in [-0.2, -0.15) is 5.26 Å². The van der Waals surface area contributed by atoms with E-state index in [0.717, 1.165) is 0 Å². The number of hydrogen-bond acceptors (Lipinski definition) is 3. The lowest BCUT2D eigenvalue weighted by Gasteiger charge is -2.37. The number of rotatable bonds is 7. The highest BCUT2D eigenvalue weighted by Crippen LogP contribution is 2.43. The van der Waals surface area contributed by atoms with Gasteiger partial charge < -0.3 is 4.52 Å². The van der Waals surface area contributed by atoms with Gasteiger partial charge in [-0.05, 0) is 27.7 Å². The molecule has 0 aromatic heterocycles. The third kappa shape index (κ3) is 4.91. The molecule has 1 rings (SSSR count). The van der Waals surface area contributed by atoms with Crippen molar-refractivity contribution in [1.82, 2.24) is 4.67 Å². The molecular weight excluding hydrogens is 255 g/mol. The van der Waals surface area contributed by atoms with Crippen LogP contribution in [0.5, 0.6) is 0 Å². The van der Waals surface area contributed by atoms with Crippen LogP contribution in [0.2, 0.25) is 0 Å². The Hall–Kier alpha value is -0.940. The van der Waals surface area contributed by atoms with Crippen molar-refractivity contribution in [2.24, 2.45) is 0 Å². The average Bonchev–Trinajstić information content (AvgIpc) is 2.38. The van der Waals surface area contributed by atoms with Gasteiger partial charge in [0.05, 0.1) is 19.1 Å². The van der Waals surface area contributed by atoms with Crippen molar-refractivity contribution in [1.29, 1.82) is 5.26 Å². The van der Waals surface area contributed by atoms with Crippen molar-refractivity contribution >= 4 is 13.6 Å². The summed E-state index contributed by atoms with van der Waals surface area (Å²) in [5.74, 6) is 0. The maximum atomic E-state index is 8.67. The number of nitriles is 1. The first-order valence-corrected chi connectivity index (χ1v) is 7.92. The van der Waals surface area contributed by atoms with Crippen LogP contribution in [0.1, 0.15) is 34.1 Å². The van der Waals surface area contributed by atoms with Crippen LogP contribution >= 0.6 is 8.30 Å². The van der Waals surface area contributed by atoms with Gasteiger partial charge in [-0.1, -0.05) is 30.3 Å². The van der Waals surface area contributed by atoms with E-state index < -0.39 is 8.30 Å². The summed E-state index contributed by atoms with van der Waals surface area (Å²) in [4.78, 5) is 0. The molecule has 1 aromatic rings. The quantitative estimate of drug-likeness (QED) is 0.564. The molecule has 0 heterocycles. The number of hydrogen-bond donors (Lipinski definition) is 0. The molecular formula is C15H23N2OP. The Kier molecular flexibility index (Phi) is 7.02. The predicted molar refractivity (Wildman–Crippen MR) is 81.3 cm³/mol. The Balaban J connectivity index is 2.94. The summed E-state index contributed by atoms with van der Waals surface area (Å²) in [6.45, 7) is 9.24. The molecule has 0 bridgehead atoms. The molecule has 0 radical (unpaired) electrons. The minimum absolute atomic E-state index is 0.411. The molecule has 104 valence electrons. The van der Waals surface area contributed by atoms with Crippen LogP contribution in [0.15, 0.2) is 30.3 Å². The highest BCUT2D eigenvalue weighted by atomic mass is 31.2. The second-order valence-corrected chi connectivity index (χ2v) is 6.70. The third-order valence-electron chi connectivity index (χ3n) is 2.67.